The quantitative estimate of drug-likeness (QED) is 0.731. The predicted octanol–water partition coefficient (Wildman–Crippen LogP) is 3.19. The monoisotopic (exact) mass is 384 g/mol. The van der Waals surface area contributed by atoms with E-state index in [4.69, 9.17) is 14.6 Å². The first-order valence-corrected chi connectivity index (χ1v) is 9.41. The van der Waals surface area contributed by atoms with Crippen LogP contribution in [-0.2, 0) is 11.3 Å². The Labute approximate surface area is 161 Å². The zero-order valence-corrected chi connectivity index (χ0v) is 16.2. The smallest absolute Gasteiger partial charge is 0.226 e. The van der Waals surface area contributed by atoms with Gasteiger partial charge in [0.1, 0.15) is 5.82 Å². The fourth-order valence-electron chi connectivity index (χ4n) is 3.55. The average molecular weight is 384 g/mol. The van der Waals surface area contributed by atoms with E-state index in [-0.39, 0.29) is 11.8 Å². The first-order chi connectivity index (χ1) is 13.1. The van der Waals surface area contributed by atoms with Gasteiger partial charge in [0.25, 0.3) is 0 Å². The van der Waals surface area contributed by atoms with Crippen LogP contribution in [0.15, 0.2) is 29.8 Å². The summed E-state index contributed by atoms with van der Waals surface area (Å²) in [6, 6.07) is 5.76. The molecular formula is C19H20N4O3S. The lowest BCUT2D eigenvalue weighted by Gasteiger charge is -2.23. The fourth-order valence-corrected chi connectivity index (χ4v) is 4.14. The number of amides is 1. The van der Waals surface area contributed by atoms with E-state index >= 15 is 0 Å². The number of rotatable bonds is 5. The summed E-state index contributed by atoms with van der Waals surface area (Å²) >= 11 is 1.40. The maximum absolute atomic E-state index is 12.3. The molecule has 1 aromatic carbocycles. The van der Waals surface area contributed by atoms with Gasteiger partial charge < -0.3 is 14.8 Å². The summed E-state index contributed by atoms with van der Waals surface area (Å²) in [6.45, 7) is 2.50. The van der Waals surface area contributed by atoms with Crippen LogP contribution < -0.4 is 14.8 Å². The number of ether oxygens (including phenoxy) is 2. The highest BCUT2D eigenvalue weighted by atomic mass is 32.1. The second kappa shape index (κ2) is 7.03. The summed E-state index contributed by atoms with van der Waals surface area (Å²) in [5, 5.41) is 9.69. The molecular weight excluding hydrogens is 364 g/mol. The van der Waals surface area contributed by atoms with E-state index in [0.29, 0.717) is 24.5 Å². The van der Waals surface area contributed by atoms with Gasteiger partial charge in [-0.2, -0.15) is 5.10 Å². The van der Waals surface area contributed by atoms with Crippen LogP contribution >= 0.6 is 11.5 Å². The molecule has 0 saturated carbocycles. The Morgan fingerprint density at radius 2 is 2.11 bits per heavy atom. The molecule has 27 heavy (non-hydrogen) atoms. The number of hydrogen-bond acceptors (Lipinski definition) is 6. The molecule has 8 heteroatoms. The van der Waals surface area contributed by atoms with Gasteiger partial charge in [-0.15, -0.1) is 0 Å². The highest BCUT2D eigenvalue weighted by Gasteiger charge is 2.32. The summed E-state index contributed by atoms with van der Waals surface area (Å²) < 4.78 is 16.7. The number of methoxy groups -OCH3 is 2. The number of anilines is 1. The van der Waals surface area contributed by atoms with Crippen LogP contribution in [0.1, 0.15) is 34.7 Å². The van der Waals surface area contributed by atoms with E-state index in [2.05, 4.69) is 9.69 Å². The van der Waals surface area contributed by atoms with Crippen LogP contribution in [0.25, 0.3) is 0 Å². The van der Waals surface area contributed by atoms with E-state index < -0.39 is 0 Å². The molecule has 0 saturated heterocycles. The number of benzene rings is 1. The third kappa shape index (κ3) is 3.16. The van der Waals surface area contributed by atoms with Crippen molar-refractivity contribution in [1.29, 1.82) is 0 Å². The van der Waals surface area contributed by atoms with Crippen molar-refractivity contribution in [3.8, 4) is 11.5 Å². The average Bonchev–Trinajstić information content (AvgIpc) is 3.30. The van der Waals surface area contributed by atoms with E-state index in [0.717, 1.165) is 28.2 Å². The van der Waals surface area contributed by atoms with Gasteiger partial charge in [-0.1, -0.05) is 6.07 Å². The summed E-state index contributed by atoms with van der Waals surface area (Å²) in [7, 11) is 3.22. The SMILES string of the molecule is COc1ccc(Cn2nc(C)c3c2NC(=O)CC3c2cnsc2)cc1OC. The van der Waals surface area contributed by atoms with Gasteiger partial charge in [-0.3, -0.25) is 4.79 Å². The molecule has 3 aromatic rings. The highest BCUT2D eigenvalue weighted by molar-refractivity contribution is 7.03. The number of nitrogens with zero attached hydrogens (tertiary/aromatic N) is 3. The van der Waals surface area contributed by atoms with Gasteiger partial charge in [0.15, 0.2) is 11.5 Å². The zero-order chi connectivity index (χ0) is 19.0. The molecule has 1 aliphatic heterocycles. The number of fused-ring (bicyclic) bond motifs is 1. The first kappa shape index (κ1) is 17.5. The molecule has 0 aliphatic carbocycles. The molecule has 3 heterocycles. The van der Waals surface area contributed by atoms with Crippen molar-refractivity contribution in [3.63, 3.8) is 0 Å². The second-order valence-corrected chi connectivity index (χ2v) is 7.11. The number of aromatic nitrogens is 3. The van der Waals surface area contributed by atoms with Gasteiger partial charge in [-0.05, 0) is 41.7 Å². The zero-order valence-electron chi connectivity index (χ0n) is 15.4. The summed E-state index contributed by atoms with van der Waals surface area (Å²) in [5.41, 5.74) is 4.05. The number of carbonyl (C=O) groups excluding carboxylic acids is 1. The molecule has 0 radical (unpaired) electrons. The van der Waals surface area contributed by atoms with E-state index in [1.54, 1.807) is 14.2 Å². The lowest BCUT2D eigenvalue weighted by Crippen LogP contribution is -2.25. The van der Waals surface area contributed by atoms with Crippen molar-refractivity contribution < 1.29 is 14.3 Å². The molecule has 0 spiro atoms. The Kier molecular flexibility index (Phi) is 4.57. The summed E-state index contributed by atoms with van der Waals surface area (Å²) in [5.74, 6) is 2.09. The first-order valence-electron chi connectivity index (χ1n) is 8.58. The highest BCUT2D eigenvalue weighted by Crippen LogP contribution is 2.39. The predicted molar refractivity (Wildman–Crippen MR) is 103 cm³/mol. The topological polar surface area (TPSA) is 78.3 Å². The summed E-state index contributed by atoms with van der Waals surface area (Å²) in [6.07, 6.45) is 2.25. The van der Waals surface area contributed by atoms with Crippen LogP contribution in [0, 0.1) is 6.92 Å². The minimum Gasteiger partial charge on any atom is -0.493 e. The molecule has 4 rings (SSSR count). The van der Waals surface area contributed by atoms with E-state index in [1.807, 2.05) is 41.4 Å². The van der Waals surface area contributed by atoms with E-state index in [9.17, 15) is 4.79 Å². The van der Waals surface area contributed by atoms with Crippen LogP contribution in [0.4, 0.5) is 5.82 Å². The lowest BCUT2D eigenvalue weighted by molar-refractivity contribution is -0.116. The minimum atomic E-state index is -0.00773. The van der Waals surface area contributed by atoms with Crippen LogP contribution in [-0.4, -0.2) is 34.3 Å². The molecule has 1 aliphatic rings. The van der Waals surface area contributed by atoms with Gasteiger partial charge in [0.05, 0.1) is 26.5 Å². The Morgan fingerprint density at radius 1 is 1.30 bits per heavy atom. The van der Waals surface area contributed by atoms with E-state index in [1.165, 1.54) is 11.5 Å². The van der Waals surface area contributed by atoms with Crippen molar-refractivity contribution in [1.82, 2.24) is 14.2 Å². The van der Waals surface area contributed by atoms with Crippen molar-refractivity contribution in [3.05, 3.63) is 52.2 Å². The van der Waals surface area contributed by atoms with Gasteiger partial charge in [0, 0.05) is 29.5 Å². The molecule has 0 bridgehead atoms. The largest absolute Gasteiger partial charge is 0.493 e. The van der Waals surface area contributed by atoms with Crippen molar-refractivity contribution >= 4 is 23.3 Å². The van der Waals surface area contributed by atoms with Crippen molar-refractivity contribution in [2.75, 3.05) is 19.5 Å². The van der Waals surface area contributed by atoms with Crippen molar-refractivity contribution in [2.24, 2.45) is 0 Å². The molecule has 0 fully saturated rings. The third-order valence-corrected chi connectivity index (χ3v) is 5.41. The molecule has 1 atom stereocenters. The van der Waals surface area contributed by atoms with Gasteiger partial charge in [0.2, 0.25) is 5.91 Å². The number of nitrogens with one attached hydrogen (secondary N) is 1. The lowest BCUT2D eigenvalue weighted by atomic mass is 9.88. The molecule has 7 nitrogen and oxygen atoms in total. The maximum atomic E-state index is 12.3. The number of hydrogen-bond donors (Lipinski definition) is 1. The van der Waals surface area contributed by atoms with Crippen LogP contribution in [0.3, 0.4) is 0 Å². The molecule has 1 unspecified atom stereocenters. The van der Waals surface area contributed by atoms with Crippen molar-refractivity contribution in [2.45, 2.75) is 25.8 Å². The normalized spacial score (nSPS) is 16.0. The Balaban J connectivity index is 1.72. The summed E-state index contributed by atoms with van der Waals surface area (Å²) in [4.78, 5) is 12.3. The molecule has 1 N–H and O–H groups in total. The minimum absolute atomic E-state index is 0.00726. The standard InChI is InChI=1S/C19H20N4O3S/c1-11-18-14(13-8-20-27-10-13)7-17(24)21-19(18)23(22-11)9-12-4-5-15(25-2)16(6-12)26-3/h4-6,8,10,14H,7,9H2,1-3H3,(H,21,24). The van der Waals surface area contributed by atoms with Gasteiger partial charge >= 0.3 is 0 Å². The molecule has 2 aromatic heterocycles. The molecule has 1 amide bonds. The Morgan fingerprint density at radius 3 is 2.81 bits per heavy atom. The third-order valence-electron chi connectivity index (χ3n) is 4.80. The molecule has 140 valence electrons. The van der Waals surface area contributed by atoms with Crippen LogP contribution in [0.5, 0.6) is 11.5 Å². The fraction of sp³-hybridized carbons (Fsp3) is 0.316. The van der Waals surface area contributed by atoms with Gasteiger partial charge in [-0.25, -0.2) is 9.06 Å². The number of carbonyl (C=O) groups is 1. The number of aryl methyl sites for hydroxylation is 1. The maximum Gasteiger partial charge on any atom is 0.226 e. The Hall–Kier alpha value is -2.87. The second-order valence-electron chi connectivity index (χ2n) is 6.46. The van der Waals surface area contributed by atoms with Crippen LogP contribution in [0.2, 0.25) is 0 Å². The Bertz CT molecular complexity index is 981.